The number of nitrogens with two attached hydrogens (primary N) is 1. The van der Waals surface area contributed by atoms with Crippen LogP contribution < -0.4 is 10.5 Å². The number of likely N-dealkylation sites (N-methyl/N-ethyl adjacent to an activating group) is 1. The fourth-order valence-electron chi connectivity index (χ4n) is 3.79. The van der Waals surface area contributed by atoms with Gasteiger partial charge in [-0.2, -0.15) is 5.26 Å². The summed E-state index contributed by atoms with van der Waals surface area (Å²) in [5, 5.41) is 11.0. The van der Waals surface area contributed by atoms with Crippen molar-refractivity contribution in [3.63, 3.8) is 0 Å². The molecule has 1 aliphatic rings. The summed E-state index contributed by atoms with van der Waals surface area (Å²) in [6.07, 6.45) is 3.51. The summed E-state index contributed by atoms with van der Waals surface area (Å²) in [5.74, 6) is 0.848. The highest BCUT2D eigenvalue weighted by Crippen LogP contribution is 2.43. The third kappa shape index (κ3) is 3.32. The lowest BCUT2D eigenvalue weighted by atomic mass is 9.92. The van der Waals surface area contributed by atoms with Crippen LogP contribution in [0, 0.1) is 11.3 Å². The second-order valence-corrected chi connectivity index (χ2v) is 7.74. The van der Waals surface area contributed by atoms with Crippen molar-refractivity contribution in [3.05, 3.63) is 48.0 Å². The fraction of sp³-hybridized carbons (Fsp3) is 0.348. The summed E-state index contributed by atoms with van der Waals surface area (Å²) >= 11 is 0. The van der Waals surface area contributed by atoms with Crippen molar-refractivity contribution in [2.75, 3.05) is 33.0 Å². The van der Waals surface area contributed by atoms with Crippen LogP contribution in [0.25, 0.3) is 22.2 Å². The Labute approximate surface area is 165 Å². The van der Waals surface area contributed by atoms with Gasteiger partial charge in [0.15, 0.2) is 0 Å². The van der Waals surface area contributed by atoms with Gasteiger partial charge in [0.25, 0.3) is 0 Å². The molecule has 0 spiro atoms. The fourth-order valence-corrected chi connectivity index (χ4v) is 3.79. The van der Waals surface area contributed by atoms with Crippen LogP contribution in [-0.2, 0) is 0 Å². The van der Waals surface area contributed by atoms with Crippen LogP contribution in [0.3, 0.4) is 0 Å². The Morgan fingerprint density at radius 3 is 2.54 bits per heavy atom. The first-order chi connectivity index (χ1) is 13.6. The molecule has 1 aromatic heterocycles. The van der Waals surface area contributed by atoms with E-state index in [-0.39, 0.29) is 0 Å². The van der Waals surface area contributed by atoms with Gasteiger partial charge in [0.2, 0.25) is 0 Å². The number of benzene rings is 2. The Kier molecular flexibility index (Phi) is 4.97. The minimum absolute atomic E-state index is 0.425. The van der Waals surface area contributed by atoms with E-state index in [2.05, 4.69) is 21.6 Å². The Bertz CT molecular complexity index is 1020. The molecule has 1 heterocycles. The van der Waals surface area contributed by atoms with E-state index in [0.717, 1.165) is 58.5 Å². The highest BCUT2D eigenvalue weighted by atomic mass is 16.5. The number of hydrogen-bond donors (Lipinski definition) is 1. The minimum Gasteiger partial charge on any atom is -0.492 e. The zero-order chi connectivity index (χ0) is 19.7. The minimum atomic E-state index is 0.425. The zero-order valence-electron chi connectivity index (χ0n) is 16.5. The number of rotatable bonds is 6. The molecule has 5 heteroatoms. The Morgan fingerprint density at radius 2 is 1.93 bits per heavy atom. The summed E-state index contributed by atoms with van der Waals surface area (Å²) in [6.45, 7) is 1.50. The lowest BCUT2D eigenvalue weighted by Crippen LogP contribution is -2.19. The van der Waals surface area contributed by atoms with E-state index in [1.807, 2.05) is 50.5 Å². The van der Waals surface area contributed by atoms with Crippen molar-refractivity contribution < 1.29 is 4.74 Å². The average Bonchev–Trinajstić information content (AvgIpc) is 2.94. The number of nitrogens with zero attached hydrogens (tertiary/aromatic N) is 3. The van der Waals surface area contributed by atoms with Crippen LogP contribution in [-0.4, -0.2) is 36.7 Å². The molecule has 0 bridgehead atoms. The first kappa shape index (κ1) is 18.4. The molecule has 4 rings (SSSR count). The molecule has 1 fully saturated rings. The lowest BCUT2D eigenvalue weighted by molar-refractivity contribution is 0.261. The highest BCUT2D eigenvalue weighted by molar-refractivity contribution is 5.95. The van der Waals surface area contributed by atoms with Crippen LogP contribution in [0.15, 0.2) is 42.5 Å². The Balaban J connectivity index is 1.85. The molecule has 0 unspecified atom stereocenters. The van der Waals surface area contributed by atoms with Gasteiger partial charge in [-0.3, -0.25) is 0 Å². The second kappa shape index (κ2) is 7.57. The van der Waals surface area contributed by atoms with Crippen LogP contribution in [0.5, 0.6) is 5.75 Å². The maximum atomic E-state index is 9.97. The number of nitriles is 1. The van der Waals surface area contributed by atoms with E-state index in [1.54, 1.807) is 0 Å². The maximum Gasteiger partial charge on any atom is 0.121 e. The topological polar surface area (TPSA) is 67.2 Å². The molecular formula is C23H26N4O. The van der Waals surface area contributed by atoms with Crippen molar-refractivity contribution in [2.24, 2.45) is 0 Å². The van der Waals surface area contributed by atoms with Crippen molar-refractivity contribution in [2.45, 2.75) is 25.3 Å². The molecule has 0 aliphatic heterocycles. The van der Waals surface area contributed by atoms with E-state index in [0.29, 0.717) is 12.6 Å². The van der Waals surface area contributed by atoms with Gasteiger partial charge in [-0.05, 0) is 63.2 Å². The van der Waals surface area contributed by atoms with Crippen LogP contribution >= 0.6 is 0 Å². The number of anilines is 1. The van der Waals surface area contributed by atoms with E-state index >= 15 is 0 Å². The number of hydrogen-bond acceptors (Lipinski definition) is 4. The van der Waals surface area contributed by atoms with Gasteiger partial charge in [-0.25, -0.2) is 0 Å². The maximum absolute atomic E-state index is 9.97. The summed E-state index contributed by atoms with van der Waals surface area (Å²) in [7, 11) is 4.07. The number of aromatic nitrogens is 1. The highest BCUT2D eigenvalue weighted by Gasteiger charge is 2.27. The molecule has 0 saturated heterocycles. The summed E-state index contributed by atoms with van der Waals surface area (Å²) in [6, 6.07) is 16.8. The molecule has 0 amide bonds. The lowest BCUT2D eigenvalue weighted by Gasteiger charge is -2.30. The standard InChI is InChI=1S/C23H26N4O/c1-26(2)12-13-28-19-10-11-20-21(15-24)23(16-6-8-17(25)9-7-16)27(22(20)14-19)18-4-3-5-18/h6-11,14,18H,3-5,12-13,25H2,1-2H3. The third-order valence-corrected chi connectivity index (χ3v) is 5.52. The van der Waals surface area contributed by atoms with Gasteiger partial charge in [0, 0.05) is 29.7 Å². The third-order valence-electron chi connectivity index (χ3n) is 5.52. The predicted octanol–water partition coefficient (Wildman–Crippen LogP) is 4.43. The van der Waals surface area contributed by atoms with Crippen molar-refractivity contribution in [3.8, 4) is 23.1 Å². The van der Waals surface area contributed by atoms with Gasteiger partial charge in [-0.1, -0.05) is 12.1 Å². The molecule has 5 nitrogen and oxygen atoms in total. The van der Waals surface area contributed by atoms with Crippen LogP contribution in [0.2, 0.25) is 0 Å². The average molecular weight is 374 g/mol. The van der Waals surface area contributed by atoms with E-state index in [4.69, 9.17) is 10.5 Å². The smallest absolute Gasteiger partial charge is 0.121 e. The van der Waals surface area contributed by atoms with E-state index in [1.165, 1.54) is 6.42 Å². The van der Waals surface area contributed by atoms with Gasteiger partial charge in [0.1, 0.15) is 18.4 Å². The molecule has 1 saturated carbocycles. The van der Waals surface area contributed by atoms with Crippen molar-refractivity contribution in [1.82, 2.24) is 9.47 Å². The second-order valence-electron chi connectivity index (χ2n) is 7.74. The summed E-state index contributed by atoms with van der Waals surface area (Å²) in [4.78, 5) is 2.10. The molecule has 0 radical (unpaired) electrons. The molecule has 2 N–H and O–H groups in total. The zero-order valence-corrected chi connectivity index (χ0v) is 16.5. The molecule has 28 heavy (non-hydrogen) atoms. The summed E-state index contributed by atoms with van der Waals surface area (Å²) in [5.41, 5.74) is 10.4. The van der Waals surface area contributed by atoms with Gasteiger partial charge in [-0.15, -0.1) is 0 Å². The normalized spacial score (nSPS) is 14.2. The number of nitrogen functional groups attached to an aromatic ring is 1. The van der Waals surface area contributed by atoms with Crippen molar-refractivity contribution >= 4 is 16.6 Å². The van der Waals surface area contributed by atoms with E-state index < -0.39 is 0 Å². The van der Waals surface area contributed by atoms with Crippen LogP contribution in [0.4, 0.5) is 5.69 Å². The quantitative estimate of drug-likeness (QED) is 0.648. The molecular weight excluding hydrogens is 348 g/mol. The number of ether oxygens (including phenoxy) is 1. The predicted molar refractivity (Wildman–Crippen MR) is 113 cm³/mol. The Morgan fingerprint density at radius 1 is 1.18 bits per heavy atom. The van der Waals surface area contributed by atoms with E-state index in [9.17, 15) is 5.26 Å². The first-order valence-corrected chi connectivity index (χ1v) is 9.80. The molecule has 2 aromatic carbocycles. The first-order valence-electron chi connectivity index (χ1n) is 9.80. The van der Waals surface area contributed by atoms with Crippen LogP contribution in [0.1, 0.15) is 30.9 Å². The Hall–Kier alpha value is -2.97. The van der Waals surface area contributed by atoms with Gasteiger partial charge in [0.05, 0.1) is 16.8 Å². The van der Waals surface area contributed by atoms with Gasteiger partial charge < -0.3 is 19.9 Å². The molecule has 1 aliphatic carbocycles. The SMILES string of the molecule is CN(C)CCOc1ccc2c(C#N)c(-c3ccc(N)cc3)n(C3CCC3)c2c1. The van der Waals surface area contributed by atoms with Gasteiger partial charge >= 0.3 is 0 Å². The molecule has 144 valence electrons. The molecule has 0 atom stereocenters. The molecule has 3 aromatic rings. The number of fused-ring (bicyclic) bond motifs is 1. The monoisotopic (exact) mass is 374 g/mol. The largest absolute Gasteiger partial charge is 0.492 e. The van der Waals surface area contributed by atoms with Crippen molar-refractivity contribution in [1.29, 1.82) is 5.26 Å². The summed E-state index contributed by atoms with van der Waals surface area (Å²) < 4.78 is 8.31.